The van der Waals surface area contributed by atoms with Crippen LogP contribution in [0.15, 0.2) is 0 Å². The summed E-state index contributed by atoms with van der Waals surface area (Å²) in [6, 6.07) is -0.433. The van der Waals surface area contributed by atoms with E-state index in [0.717, 1.165) is 31.8 Å². The van der Waals surface area contributed by atoms with Gasteiger partial charge in [-0.05, 0) is 25.2 Å². The van der Waals surface area contributed by atoms with Crippen LogP contribution in [0, 0.1) is 5.92 Å². The van der Waals surface area contributed by atoms with E-state index in [4.69, 9.17) is 0 Å². The molecule has 5 nitrogen and oxygen atoms in total. The van der Waals surface area contributed by atoms with E-state index in [1.807, 2.05) is 11.8 Å². The zero-order valence-corrected chi connectivity index (χ0v) is 14.2. The number of amides is 3. The van der Waals surface area contributed by atoms with Crippen LogP contribution in [0.1, 0.15) is 45.4 Å². The molecule has 6 heteroatoms. The van der Waals surface area contributed by atoms with E-state index in [9.17, 15) is 9.59 Å². The molecule has 0 radical (unpaired) electrons. The van der Waals surface area contributed by atoms with Gasteiger partial charge in [-0.15, -0.1) is 0 Å². The lowest BCUT2D eigenvalue weighted by Gasteiger charge is -2.45. The first-order valence-corrected chi connectivity index (χ1v) is 9.55. The molecule has 3 rings (SSSR count). The van der Waals surface area contributed by atoms with Crippen LogP contribution in [-0.4, -0.2) is 53.0 Å². The third-order valence-corrected chi connectivity index (χ3v) is 6.87. The van der Waals surface area contributed by atoms with Gasteiger partial charge in [0.2, 0.25) is 5.91 Å². The molecule has 2 aliphatic heterocycles. The molecule has 0 bridgehead atoms. The number of piperidine rings is 1. The van der Waals surface area contributed by atoms with Gasteiger partial charge in [-0.3, -0.25) is 4.79 Å². The maximum atomic E-state index is 12.6. The lowest BCUT2D eigenvalue weighted by molar-refractivity contribution is -0.125. The molecule has 22 heavy (non-hydrogen) atoms. The molecule has 1 aliphatic carbocycles. The van der Waals surface area contributed by atoms with Gasteiger partial charge in [0, 0.05) is 30.1 Å². The number of carbonyl (C=O) groups excluding carboxylic acids is 2. The Labute approximate surface area is 137 Å². The Balaban J connectivity index is 1.60. The fourth-order valence-electron chi connectivity index (χ4n) is 3.91. The zero-order chi connectivity index (χ0) is 15.6. The zero-order valence-electron chi connectivity index (χ0n) is 13.4. The van der Waals surface area contributed by atoms with Gasteiger partial charge in [0.05, 0.1) is 0 Å². The van der Waals surface area contributed by atoms with Crippen LogP contribution in [0.4, 0.5) is 4.79 Å². The van der Waals surface area contributed by atoms with Crippen LogP contribution in [0.3, 0.4) is 0 Å². The first-order chi connectivity index (χ1) is 10.6. The predicted molar refractivity (Wildman–Crippen MR) is 89.0 cm³/mol. The quantitative estimate of drug-likeness (QED) is 0.775. The molecule has 3 amide bonds. The Bertz CT molecular complexity index is 432. The van der Waals surface area contributed by atoms with E-state index >= 15 is 0 Å². The fourth-order valence-corrected chi connectivity index (χ4v) is 5.48. The second-order valence-corrected chi connectivity index (χ2v) is 8.56. The van der Waals surface area contributed by atoms with E-state index in [-0.39, 0.29) is 28.6 Å². The smallest absolute Gasteiger partial charge is 0.318 e. The fraction of sp³-hybridized carbons (Fsp3) is 0.875. The average Bonchev–Trinajstić information content (AvgIpc) is 2.52. The number of nitrogens with one attached hydrogen (secondary N) is 2. The molecule has 1 saturated carbocycles. The van der Waals surface area contributed by atoms with Gasteiger partial charge in [0.15, 0.2) is 0 Å². The van der Waals surface area contributed by atoms with E-state index in [1.165, 1.54) is 32.1 Å². The van der Waals surface area contributed by atoms with Gasteiger partial charge in [0.1, 0.15) is 6.04 Å². The van der Waals surface area contributed by atoms with Crippen molar-refractivity contribution in [1.82, 2.24) is 15.5 Å². The molecule has 2 N–H and O–H groups in total. The first-order valence-electron chi connectivity index (χ1n) is 8.57. The molecule has 3 fully saturated rings. The van der Waals surface area contributed by atoms with Crippen LogP contribution in [0.25, 0.3) is 0 Å². The third kappa shape index (κ3) is 3.36. The summed E-state index contributed by atoms with van der Waals surface area (Å²) in [5.41, 5.74) is 0. The normalized spacial score (nSPS) is 31.7. The molecular weight excluding hydrogens is 298 g/mol. The van der Waals surface area contributed by atoms with Gasteiger partial charge in [-0.1, -0.05) is 26.2 Å². The van der Waals surface area contributed by atoms with Crippen molar-refractivity contribution >= 4 is 23.7 Å². The molecule has 2 saturated heterocycles. The lowest BCUT2D eigenvalue weighted by atomic mass is 9.87. The molecular formula is C16H27N3O2S. The molecule has 2 heterocycles. The largest absolute Gasteiger partial charge is 0.354 e. The Morgan fingerprint density at radius 2 is 2.14 bits per heavy atom. The van der Waals surface area contributed by atoms with Crippen molar-refractivity contribution in [1.29, 1.82) is 0 Å². The number of hydrogen-bond donors (Lipinski definition) is 2. The van der Waals surface area contributed by atoms with E-state index in [2.05, 4.69) is 22.4 Å². The van der Waals surface area contributed by atoms with E-state index in [1.54, 1.807) is 0 Å². The third-order valence-electron chi connectivity index (χ3n) is 5.33. The van der Waals surface area contributed by atoms with Gasteiger partial charge in [-0.2, -0.15) is 11.8 Å². The highest BCUT2D eigenvalue weighted by molar-refractivity contribution is 8.00. The van der Waals surface area contributed by atoms with Crippen LogP contribution >= 0.6 is 11.8 Å². The van der Waals surface area contributed by atoms with Crippen molar-refractivity contribution in [2.24, 2.45) is 5.92 Å². The Morgan fingerprint density at radius 1 is 1.36 bits per heavy atom. The summed E-state index contributed by atoms with van der Waals surface area (Å²) >= 11 is 2.05. The maximum Gasteiger partial charge on any atom is 0.318 e. The number of urea groups is 1. The number of rotatable bonds is 1. The Morgan fingerprint density at radius 3 is 2.86 bits per heavy atom. The molecule has 0 aromatic heterocycles. The molecule has 3 aliphatic rings. The molecule has 0 aromatic rings. The Kier molecular flexibility index (Phi) is 4.85. The standard InChI is InChI=1S/C16H27N3O2S/c1-12-5-8-17-14(20)13(12)18-15(21)19-9-10-22-16(11-19)6-3-2-4-7-16/h12-13H,2-11H2,1H3,(H,17,20)(H,18,21)/t12-,13-/m1/s1. The minimum absolute atomic E-state index is 0.0362. The summed E-state index contributed by atoms with van der Waals surface area (Å²) in [6.07, 6.45) is 7.27. The molecule has 1 spiro atoms. The summed E-state index contributed by atoms with van der Waals surface area (Å²) in [4.78, 5) is 26.5. The number of carbonyl (C=O) groups is 2. The average molecular weight is 325 g/mol. The first kappa shape index (κ1) is 16.0. The highest BCUT2D eigenvalue weighted by Gasteiger charge is 2.40. The molecule has 2 atom stereocenters. The van der Waals surface area contributed by atoms with Crippen LogP contribution in [0.2, 0.25) is 0 Å². The van der Waals surface area contributed by atoms with Crippen molar-refractivity contribution < 1.29 is 9.59 Å². The number of nitrogens with zero attached hydrogens (tertiary/aromatic N) is 1. The van der Waals surface area contributed by atoms with Gasteiger partial charge < -0.3 is 15.5 Å². The van der Waals surface area contributed by atoms with Crippen LogP contribution in [-0.2, 0) is 4.79 Å². The summed E-state index contributed by atoms with van der Waals surface area (Å²) in [5, 5.41) is 5.83. The summed E-state index contributed by atoms with van der Waals surface area (Å²) < 4.78 is 0.272. The second-order valence-electron chi connectivity index (χ2n) is 7.00. The second kappa shape index (κ2) is 6.69. The minimum Gasteiger partial charge on any atom is -0.354 e. The predicted octanol–water partition coefficient (Wildman–Crippen LogP) is 1.97. The van der Waals surface area contributed by atoms with Gasteiger partial charge in [-0.25, -0.2) is 4.79 Å². The number of hydrogen-bond acceptors (Lipinski definition) is 3. The van der Waals surface area contributed by atoms with Crippen LogP contribution in [0.5, 0.6) is 0 Å². The molecule has 0 unspecified atom stereocenters. The van der Waals surface area contributed by atoms with Crippen molar-refractivity contribution in [2.45, 2.75) is 56.2 Å². The Hall–Kier alpha value is -0.910. The van der Waals surface area contributed by atoms with Crippen molar-refractivity contribution in [2.75, 3.05) is 25.4 Å². The maximum absolute atomic E-state index is 12.6. The van der Waals surface area contributed by atoms with E-state index in [0.29, 0.717) is 0 Å². The molecule has 0 aromatic carbocycles. The highest BCUT2D eigenvalue weighted by Crippen LogP contribution is 2.42. The number of thioether (sulfide) groups is 1. The monoisotopic (exact) mass is 325 g/mol. The summed E-state index contributed by atoms with van der Waals surface area (Å²) in [7, 11) is 0. The lowest BCUT2D eigenvalue weighted by Crippen LogP contribution is -2.59. The summed E-state index contributed by atoms with van der Waals surface area (Å²) in [5.74, 6) is 1.19. The van der Waals surface area contributed by atoms with Crippen molar-refractivity contribution in [3.05, 3.63) is 0 Å². The van der Waals surface area contributed by atoms with Crippen molar-refractivity contribution in [3.63, 3.8) is 0 Å². The van der Waals surface area contributed by atoms with Gasteiger partial charge in [0.25, 0.3) is 0 Å². The van der Waals surface area contributed by atoms with Crippen LogP contribution < -0.4 is 10.6 Å². The van der Waals surface area contributed by atoms with E-state index < -0.39 is 0 Å². The van der Waals surface area contributed by atoms with Gasteiger partial charge >= 0.3 is 6.03 Å². The topological polar surface area (TPSA) is 61.4 Å². The SMILES string of the molecule is C[C@@H]1CCNC(=O)[C@@H]1NC(=O)N1CCSC2(CCCCC2)C1. The van der Waals surface area contributed by atoms with Crippen molar-refractivity contribution in [3.8, 4) is 0 Å². The summed E-state index contributed by atoms with van der Waals surface area (Å²) in [6.45, 7) is 4.39. The molecule has 124 valence electrons. The minimum atomic E-state index is -0.377. The highest BCUT2D eigenvalue weighted by atomic mass is 32.2.